The van der Waals surface area contributed by atoms with Gasteiger partial charge in [0.05, 0.1) is 16.3 Å². The molecule has 2 aliphatic rings. The van der Waals surface area contributed by atoms with E-state index >= 15 is 0 Å². The van der Waals surface area contributed by atoms with Crippen LogP contribution in [0.3, 0.4) is 0 Å². The van der Waals surface area contributed by atoms with Gasteiger partial charge in [-0.3, -0.25) is 9.78 Å². The fourth-order valence-corrected chi connectivity index (χ4v) is 6.96. The topological polar surface area (TPSA) is 107 Å². The predicted molar refractivity (Wildman–Crippen MR) is 149 cm³/mol. The average molecular weight is 544 g/mol. The lowest BCUT2D eigenvalue weighted by Gasteiger charge is -2.37. The number of carbonyl (C=O) groups is 1. The summed E-state index contributed by atoms with van der Waals surface area (Å²) in [5, 5.41) is 10.5. The van der Waals surface area contributed by atoms with E-state index in [1.165, 1.54) is 16.6 Å². The minimum Gasteiger partial charge on any atom is -0.493 e. The predicted octanol–water partition coefficient (Wildman–Crippen LogP) is 3.36. The Kier molecular flexibility index (Phi) is 6.66. The van der Waals surface area contributed by atoms with E-state index in [-0.39, 0.29) is 29.1 Å². The third kappa shape index (κ3) is 4.93. The minimum absolute atomic E-state index is 0.0297. The van der Waals surface area contributed by atoms with Gasteiger partial charge in [0, 0.05) is 74.4 Å². The lowest BCUT2D eigenvalue weighted by Crippen LogP contribution is -2.50. The van der Waals surface area contributed by atoms with Crippen molar-refractivity contribution in [3.8, 4) is 17.0 Å². The minimum atomic E-state index is -3.71. The molecule has 2 fully saturated rings. The largest absolute Gasteiger partial charge is 0.493 e. The van der Waals surface area contributed by atoms with E-state index in [1.807, 2.05) is 35.4 Å². The number of hydrogen-bond acceptors (Lipinski definition) is 7. The van der Waals surface area contributed by atoms with Crippen molar-refractivity contribution < 1.29 is 18.3 Å². The average Bonchev–Trinajstić information content (AvgIpc) is 3.49. The number of amides is 1. The van der Waals surface area contributed by atoms with Crippen molar-refractivity contribution in [2.45, 2.75) is 11.3 Å². The zero-order chi connectivity index (χ0) is 27.0. The van der Waals surface area contributed by atoms with Gasteiger partial charge in [0.2, 0.25) is 21.8 Å². The molecule has 4 heterocycles. The summed E-state index contributed by atoms with van der Waals surface area (Å²) in [4.78, 5) is 26.0. The second-order valence-electron chi connectivity index (χ2n) is 9.94. The van der Waals surface area contributed by atoms with Gasteiger partial charge in [-0.2, -0.15) is 4.31 Å². The molecular formula is C29H29N5O4S. The summed E-state index contributed by atoms with van der Waals surface area (Å²) in [7, 11) is -3.71. The third-order valence-electron chi connectivity index (χ3n) is 7.63. The molecule has 0 radical (unpaired) electrons. The molecular weight excluding hydrogens is 514 g/mol. The summed E-state index contributed by atoms with van der Waals surface area (Å²) in [6, 6.07) is 19.9. The molecule has 9 nitrogen and oxygen atoms in total. The first-order chi connectivity index (χ1) is 18.9. The van der Waals surface area contributed by atoms with Crippen LogP contribution < -0.4 is 4.90 Å². The molecule has 10 heteroatoms. The molecule has 0 aliphatic carbocycles. The van der Waals surface area contributed by atoms with E-state index in [1.54, 1.807) is 30.3 Å². The van der Waals surface area contributed by atoms with Crippen molar-refractivity contribution in [3.05, 3.63) is 79.1 Å². The number of rotatable bonds is 5. The van der Waals surface area contributed by atoms with Crippen LogP contribution in [-0.2, 0) is 14.8 Å². The molecule has 0 saturated carbocycles. The SMILES string of the molecule is O=C(C1CCN(S(=O)(=O)c2ccc(-c3ccc(O)nc3)cc2)C1)N1CCN(c2ccnc3ccccc23)CC1. The van der Waals surface area contributed by atoms with Gasteiger partial charge in [-0.05, 0) is 42.3 Å². The molecule has 2 saturated heterocycles. The Balaban J connectivity index is 1.08. The van der Waals surface area contributed by atoms with Gasteiger partial charge in [-0.25, -0.2) is 13.4 Å². The van der Waals surface area contributed by atoms with Gasteiger partial charge >= 0.3 is 0 Å². The van der Waals surface area contributed by atoms with E-state index in [0.717, 1.165) is 40.8 Å². The normalized spacial score (nSPS) is 18.5. The Labute approximate surface area is 227 Å². The molecule has 200 valence electrons. The van der Waals surface area contributed by atoms with Crippen LogP contribution in [0, 0.1) is 5.92 Å². The van der Waals surface area contributed by atoms with Crippen LogP contribution in [0.4, 0.5) is 5.69 Å². The number of carbonyl (C=O) groups excluding carboxylic acids is 1. The van der Waals surface area contributed by atoms with E-state index in [2.05, 4.69) is 20.9 Å². The summed E-state index contributed by atoms with van der Waals surface area (Å²) in [5.41, 5.74) is 3.65. The van der Waals surface area contributed by atoms with Gasteiger partial charge in [0.25, 0.3) is 0 Å². The number of anilines is 1. The van der Waals surface area contributed by atoms with Crippen LogP contribution in [0.5, 0.6) is 5.88 Å². The first-order valence-electron chi connectivity index (χ1n) is 13.0. The van der Waals surface area contributed by atoms with E-state index in [9.17, 15) is 18.3 Å². The molecule has 4 aromatic rings. The second kappa shape index (κ2) is 10.3. The Morgan fingerprint density at radius 2 is 1.59 bits per heavy atom. The van der Waals surface area contributed by atoms with Crippen molar-refractivity contribution in [2.24, 2.45) is 5.92 Å². The lowest BCUT2D eigenvalue weighted by atomic mass is 10.1. The number of pyridine rings is 2. The van der Waals surface area contributed by atoms with E-state index < -0.39 is 10.0 Å². The maximum Gasteiger partial charge on any atom is 0.243 e. The molecule has 0 spiro atoms. The zero-order valence-electron chi connectivity index (χ0n) is 21.3. The fourth-order valence-electron chi connectivity index (χ4n) is 5.46. The molecule has 1 N–H and O–H groups in total. The van der Waals surface area contributed by atoms with Crippen LogP contribution in [0.15, 0.2) is 84.0 Å². The van der Waals surface area contributed by atoms with Gasteiger partial charge in [0.1, 0.15) is 0 Å². The lowest BCUT2D eigenvalue weighted by molar-refractivity contribution is -0.135. The fraction of sp³-hybridized carbons (Fsp3) is 0.276. The van der Waals surface area contributed by atoms with Crippen molar-refractivity contribution in [3.63, 3.8) is 0 Å². The van der Waals surface area contributed by atoms with Crippen molar-refractivity contribution in [1.29, 1.82) is 0 Å². The van der Waals surface area contributed by atoms with Gasteiger partial charge in [0.15, 0.2) is 0 Å². The molecule has 1 amide bonds. The number of hydrogen-bond donors (Lipinski definition) is 1. The first kappa shape index (κ1) is 25.3. The van der Waals surface area contributed by atoms with Crippen LogP contribution >= 0.6 is 0 Å². The number of aromatic nitrogens is 2. The molecule has 6 rings (SSSR count). The second-order valence-corrected chi connectivity index (χ2v) is 11.9. The highest BCUT2D eigenvalue weighted by Crippen LogP contribution is 2.29. The molecule has 2 aromatic heterocycles. The maximum absolute atomic E-state index is 13.3. The number of sulfonamides is 1. The molecule has 1 atom stereocenters. The Hall–Kier alpha value is -4.02. The van der Waals surface area contributed by atoms with E-state index in [4.69, 9.17) is 0 Å². The summed E-state index contributed by atoms with van der Waals surface area (Å²) >= 11 is 0. The van der Waals surface area contributed by atoms with Crippen LogP contribution in [0.25, 0.3) is 22.0 Å². The molecule has 2 aromatic carbocycles. The number of benzene rings is 2. The summed E-state index contributed by atoms with van der Waals surface area (Å²) in [6.07, 6.45) is 3.87. The number of piperazine rings is 1. The Bertz CT molecular complexity index is 1600. The van der Waals surface area contributed by atoms with Gasteiger partial charge in [-0.1, -0.05) is 30.3 Å². The molecule has 39 heavy (non-hydrogen) atoms. The monoisotopic (exact) mass is 543 g/mol. The van der Waals surface area contributed by atoms with Gasteiger partial charge in [-0.15, -0.1) is 0 Å². The summed E-state index contributed by atoms with van der Waals surface area (Å²) < 4.78 is 28.1. The number of aromatic hydroxyl groups is 1. The number of fused-ring (bicyclic) bond motifs is 1. The summed E-state index contributed by atoms with van der Waals surface area (Å²) in [5.74, 6) is -0.377. The highest BCUT2D eigenvalue weighted by atomic mass is 32.2. The van der Waals surface area contributed by atoms with Crippen LogP contribution in [0.2, 0.25) is 0 Å². The van der Waals surface area contributed by atoms with Gasteiger partial charge < -0.3 is 14.9 Å². The van der Waals surface area contributed by atoms with Crippen molar-refractivity contribution >= 4 is 32.5 Å². The maximum atomic E-state index is 13.3. The van der Waals surface area contributed by atoms with Crippen molar-refractivity contribution in [1.82, 2.24) is 19.2 Å². The highest BCUT2D eigenvalue weighted by Gasteiger charge is 2.38. The number of para-hydroxylation sites is 1. The zero-order valence-corrected chi connectivity index (χ0v) is 22.2. The van der Waals surface area contributed by atoms with E-state index in [0.29, 0.717) is 26.1 Å². The Morgan fingerprint density at radius 1 is 0.846 bits per heavy atom. The smallest absolute Gasteiger partial charge is 0.243 e. The third-order valence-corrected chi connectivity index (χ3v) is 9.51. The first-order valence-corrected chi connectivity index (χ1v) is 14.5. The standard InChI is InChI=1S/C29H29N5O4S/c35-28-10-7-22(19-31-28)21-5-8-24(9-6-21)39(37,38)34-14-12-23(20-34)29(36)33-17-15-32(16-18-33)27-11-13-30-26-4-2-1-3-25(26)27/h1-11,13,19,23H,12,14-18,20H2,(H,31,35). The van der Waals surface area contributed by atoms with Crippen LogP contribution in [0.1, 0.15) is 6.42 Å². The molecule has 1 unspecified atom stereocenters. The quantitative estimate of drug-likeness (QED) is 0.411. The molecule has 0 bridgehead atoms. The number of nitrogens with zero attached hydrogens (tertiary/aromatic N) is 5. The molecule has 2 aliphatic heterocycles. The highest BCUT2D eigenvalue weighted by molar-refractivity contribution is 7.89. The van der Waals surface area contributed by atoms with Crippen molar-refractivity contribution in [2.75, 3.05) is 44.2 Å². The van der Waals surface area contributed by atoms with Crippen LogP contribution in [-0.4, -0.2) is 77.9 Å². The summed E-state index contributed by atoms with van der Waals surface area (Å²) in [6.45, 7) is 3.17. The Morgan fingerprint density at radius 3 is 2.33 bits per heavy atom.